The highest BCUT2D eigenvalue weighted by molar-refractivity contribution is 5.84. The molecular weight excluding hydrogens is 232 g/mol. The van der Waals surface area contributed by atoms with Gasteiger partial charge in [-0.05, 0) is 32.6 Å². The summed E-state index contributed by atoms with van der Waals surface area (Å²) in [6.45, 7) is 3.06. The van der Waals surface area contributed by atoms with Crippen molar-refractivity contribution in [3.05, 3.63) is 0 Å². The number of nitrogens with two attached hydrogens (primary N) is 1. The van der Waals surface area contributed by atoms with Gasteiger partial charge in [-0.1, -0.05) is 6.42 Å². The number of piperidine rings is 1. The molecule has 18 heavy (non-hydrogen) atoms. The molecular formula is C13H22N2O3. The largest absolute Gasteiger partial charge is 0.481 e. The van der Waals surface area contributed by atoms with Gasteiger partial charge in [0, 0.05) is 19.1 Å². The number of hydrogen-bond donors (Lipinski definition) is 2. The molecule has 0 spiro atoms. The van der Waals surface area contributed by atoms with Gasteiger partial charge < -0.3 is 15.7 Å². The monoisotopic (exact) mass is 254 g/mol. The topological polar surface area (TPSA) is 83.6 Å². The summed E-state index contributed by atoms with van der Waals surface area (Å²) < 4.78 is 0. The first-order chi connectivity index (χ1) is 8.45. The Kier molecular flexibility index (Phi) is 3.61. The minimum absolute atomic E-state index is 0.0535. The van der Waals surface area contributed by atoms with Crippen molar-refractivity contribution in [2.75, 3.05) is 13.1 Å². The zero-order chi connectivity index (χ0) is 13.3. The van der Waals surface area contributed by atoms with Crippen molar-refractivity contribution in [1.29, 1.82) is 0 Å². The average Bonchev–Trinajstić information content (AvgIpc) is 2.70. The first kappa shape index (κ1) is 13.3. The van der Waals surface area contributed by atoms with Gasteiger partial charge in [-0.15, -0.1) is 0 Å². The number of nitrogens with zero attached hydrogens (tertiary/aromatic N) is 1. The van der Waals surface area contributed by atoms with Crippen LogP contribution in [0, 0.1) is 11.3 Å². The SMILES string of the molecule is CC1(C(=O)N2CCC(C(=O)O)CC2)CCCC1N. The predicted molar refractivity (Wildman–Crippen MR) is 66.9 cm³/mol. The quantitative estimate of drug-likeness (QED) is 0.764. The number of aliphatic carboxylic acids is 1. The summed E-state index contributed by atoms with van der Waals surface area (Å²) in [7, 11) is 0. The fraction of sp³-hybridized carbons (Fsp3) is 0.846. The van der Waals surface area contributed by atoms with Crippen LogP contribution in [0.4, 0.5) is 0 Å². The second-order valence-corrected chi connectivity index (χ2v) is 5.82. The normalized spacial score (nSPS) is 33.7. The van der Waals surface area contributed by atoms with E-state index in [2.05, 4.69) is 0 Å². The van der Waals surface area contributed by atoms with Gasteiger partial charge in [0.15, 0.2) is 0 Å². The minimum atomic E-state index is -0.745. The Bertz CT molecular complexity index is 350. The third-order valence-corrected chi connectivity index (χ3v) is 4.65. The van der Waals surface area contributed by atoms with E-state index in [9.17, 15) is 9.59 Å². The van der Waals surface area contributed by atoms with E-state index in [1.54, 1.807) is 0 Å². The number of carbonyl (C=O) groups is 2. The van der Waals surface area contributed by atoms with E-state index in [1.165, 1.54) is 0 Å². The highest BCUT2D eigenvalue weighted by atomic mass is 16.4. The Morgan fingerprint density at radius 1 is 1.28 bits per heavy atom. The summed E-state index contributed by atoms with van der Waals surface area (Å²) in [6, 6.07) is -0.0535. The van der Waals surface area contributed by atoms with Crippen molar-refractivity contribution in [3.63, 3.8) is 0 Å². The number of carbonyl (C=O) groups excluding carboxylic acids is 1. The summed E-state index contributed by atoms with van der Waals surface area (Å²) in [4.78, 5) is 25.2. The molecule has 1 heterocycles. The summed E-state index contributed by atoms with van der Waals surface area (Å²) in [5.41, 5.74) is 5.62. The van der Waals surface area contributed by atoms with Gasteiger partial charge >= 0.3 is 5.97 Å². The van der Waals surface area contributed by atoms with E-state index in [-0.39, 0.29) is 17.9 Å². The number of likely N-dealkylation sites (tertiary alicyclic amines) is 1. The molecule has 2 rings (SSSR count). The van der Waals surface area contributed by atoms with Gasteiger partial charge in [-0.2, -0.15) is 0 Å². The standard InChI is InChI=1S/C13H22N2O3/c1-13(6-2-3-10(13)14)12(18)15-7-4-9(5-8-15)11(16)17/h9-10H,2-8,14H2,1H3,(H,16,17). The third kappa shape index (κ3) is 2.23. The second kappa shape index (κ2) is 4.88. The van der Waals surface area contributed by atoms with E-state index < -0.39 is 11.4 Å². The van der Waals surface area contributed by atoms with Crippen LogP contribution in [0.1, 0.15) is 39.0 Å². The molecule has 5 nitrogen and oxygen atoms in total. The second-order valence-electron chi connectivity index (χ2n) is 5.82. The van der Waals surface area contributed by atoms with Gasteiger partial charge in [0.05, 0.1) is 11.3 Å². The molecule has 2 fully saturated rings. The Morgan fingerprint density at radius 3 is 2.33 bits per heavy atom. The average molecular weight is 254 g/mol. The van der Waals surface area contributed by atoms with Crippen LogP contribution < -0.4 is 5.73 Å². The lowest BCUT2D eigenvalue weighted by Crippen LogP contribution is -2.51. The van der Waals surface area contributed by atoms with E-state index in [0.29, 0.717) is 25.9 Å². The molecule has 0 radical (unpaired) electrons. The molecule has 0 aromatic carbocycles. The molecule has 3 N–H and O–H groups in total. The van der Waals surface area contributed by atoms with Crippen LogP contribution in [-0.4, -0.2) is 41.0 Å². The molecule has 1 saturated carbocycles. The molecule has 1 aliphatic heterocycles. The predicted octanol–water partition coefficient (Wildman–Crippen LogP) is 0.827. The van der Waals surface area contributed by atoms with Crippen molar-refractivity contribution in [2.45, 2.75) is 45.1 Å². The van der Waals surface area contributed by atoms with Crippen LogP contribution >= 0.6 is 0 Å². The Morgan fingerprint density at radius 2 is 1.89 bits per heavy atom. The number of rotatable bonds is 2. The molecule has 1 aliphatic carbocycles. The van der Waals surface area contributed by atoms with E-state index in [0.717, 1.165) is 19.3 Å². The minimum Gasteiger partial charge on any atom is -0.481 e. The molecule has 2 aliphatic rings. The highest BCUT2D eigenvalue weighted by Gasteiger charge is 2.45. The molecule has 0 aromatic heterocycles. The molecule has 2 unspecified atom stereocenters. The van der Waals surface area contributed by atoms with E-state index in [1.807, 2.05) is 11.8 Å². The van der Waals surface area contributed by atoms with E-state index >= 15 is 0 Å². The lowest BCUT2D eigenvalue weighted by Gasteiger charge is -2.37. The van der Waals surface area contributed by atoms with Gasteiger partial charge in [-0.3, -0.25) is 9.59 Å². The van der Waals surface area contributed by atoms with Crippen LogP contribution in [0.2, 0.25) is 0 Å². The summed E-state index contributed by atoms with van der Waals surface area (Å²) in [5.74, 6) is -0.915. The molecule has 2 atom stereocenters. The third-order valence-electron chi connectivity index (χ3n) is 4.65. The van der Waals surface area contributed by atoms with Gasteiger partial charge in [-0.25, -0.2) is 0 Å². The van der Waals surface area contributed by atoms with E-state index in [4.69, 9.17) is 10.8 Å². The van der Waals surface area contributed by atoms with Crippen molar-refractivity contribution in [2.24, 2.45) is 17.1 Å². The lowest BCUT2D eigenvalue weighted by atomic mass is 9.82. The van der Waals surface area contributed by atoms with Crippen LogP contribution in [0.25, 0.3) is 0 Å². The van der Waals surface area contributed by atoms with Crippen molar-refractivity contribution >= 4 is 11.9 Å². The zero-order valence-electron chi connectivity index (χ0n) is 10.9. The Hall–Kier alpha value is -1.10. The van der Waals surface area contributed by atoms with Gasteiger partial charge in [0.1, 0.15) is 0 Å². The maximum atomic E-state index is 12.5. The molecule has 1 saturated heterocycles. The summed E-state index contributed by atoms with van der Waals surface area (Å²) >= 11 is 0. The van der Waals surface area contributed by atoms with Crippen LogP contribution in [0.5, 0.6) is 0 Å². The summed E-state index contributed by atoms with van der Waals surface area (Å²) in [5, 5.41) is 8.94. The van der Waals surface area contributed by atoms with Gasteiger partial charge in [0.2, 0.25) is 5.91 Å². The van der Waals surface area contributed by atoms with Crippen LogP contribution in [0.15, 0.2) is 0 Å². The molecule has 0 aromatic rings. The Labute approximate surface area is 107 Å². The zero-order valence-corrected chi connectivity index (χ0v) is 10.9. The number of amides is 1. The molecule has 102 valence electrons. The van der Waals surface area contributed by atoms with Crippen molar-refractivity contribution in [3.8, 4) is 0 Å². The maximum absolute atomic E-state index is 12.5. The molecule has 0 bridgehead atoms. The Balaban J connectivity index is 1.97. The van der Waals surface area contributed by atoms with Gasteiger partial charge in [0.25, 0.3) is 0 Å². The smallest absolute Gasteiger partial charge is 0.306 e. The fourth-order valence-corrected chi connectivity index (χ4v) is 3.15. The number of carboxylic acids is 1. The fourth-order valence-electron chi connectivity index (χ4n) is 3.15. The lowest BCUT2D eigenvalue weighted by molar-refractivity contribution is -0.149. The summed E-state index contributed by atoms with van der Waals surface area (Å²) in [6.07, 6.45) is 3.90. The van der Waals surface area contributed by atoms with Crippen LogP contribution in [0.3, 0.4) is 0 Å². The first-order valence-electron chi connectivity index (χ1n) is 6.73. The van der Waals surface area contributed by atoms with Crippen molar-refractivity contribution < 1.29 is 14.7 Å². The maximum Gasteiger partial charge on any atom is 0.306 e. The number of hydrogen-bond acceptors (Lipinski definition) is 3. The number of carboxylic acid groups (broad SMARTS) is 1. The molecule has 1 amide bonds. The van der Waals surface area contributed by atoms with Crippen molar-refractivity contribution in [1.82, 2.24) is 4.90 Å². The first-order valence-corrected chi connectivity index (χ1v) is 6.73. The molecule has 5 heteroatoms. The van der Waals surface area contributed by atoms with Crippen LogP contribution in [-0.2, 0) is 9.59 Å². The highest BCUT2D eigenvalue weighted by Crippen LogP contribution is 2.39.